The number of hydrogen-bond acceptors (Lipinski definition) is 4. The van der Waals surface area contributed by atoms with Crippen LogP contribution >= 0.6 is 0 Å². The molecule has 3 aromatic rings. The van der Waals surface area contributed by atoms with Crippen LogP contribution in [0.2, 0.25) is 0 Å². The quantitative estimate of drug-likeness (QED) is 0.496. The summed E-state index contributed by atoms with van der Waals surface area (Å²) in [7, 11) is 1.56. The molecule has 3 amide bonds. The molecule has 1 heterocycles. The molecule has 0 saturated carbocycles. The van der Waals surface area contributed by atoms with Gasteiger partial charge in [0.05, 0.1) is 6.04 Å². The Morgan fingerprint density at radius 3 is 2.64 bits per heavy atom. The summed E-state index contributed by atoms with van der Waals surface area (Å²) in [4.78, 5) is 30.4. The Labute approximate surface area is 190 Å². The van der Waals surface area contributed by atoms with Gasteiger partial charge in [0.2, 0.25) is 0 Å². The fourth-order valence-electron chi connectivity index (χ4n) is 3.33. The molecule has 0 spiro atoms. The summed E-state index contributed by atoms with van der Waals surface area (Å²) in [6, 6.07) is 12.3. The molecule has 2 N–H and O–H groups in total. The molecule has 3 rings (SSSR count). The van der Waals surface area contributed by atoms with Crippen LogP contribution in [-0.2, 0) is 11.3 Å². The van der Waals surface area contributed by atoms with Crippen molar-refractivity contribution in [1.82, 2.24) is 15.2 Å². The zero-order valence-electron chi connectivity index (χ0n) is 18.5. The van der Waals surface area contributed by atoms with Gasteiger partial charge in [-0.25, -0.2) is 23.4 Å². The van der Waals surface area contributed by atoms with Gasteiger partial charge >= 0.3 is 12.1 Å². The number of nitrogens with one attached hydrogen (secondary N) is 2. The van der Waals surface area contributed by atoms with Crippen LogP contribution in [0.3, 0.4) is 0 Å². The number of carbonyl (C=O) groups is 2. The monoisotopic (exact) mass is 456 g/mol. The van der Waals surface area contributed by atoms with Gasteiger partial charge in [0.1, 0.15) is 12.4 Å². The predicted octanol–water partition coefficient (Wildman–Crippen LogP) is 5.07. The van der Waals surface area contributed by atoms with E-state index < -0.39 is 29.8 Å². The molecule has 174 valence electrons. The minimum Gasteiger partial charge on any atom is -0.447 e. The molecule has 1 atom stereocenters. The van der Waals surface area contributed by atoms with Crippen molar-refractivity contribution in [3.8, 4) is 0 Å². The van der Waals surface area contributed by atoms with Crippen molar-refractivity contribution >= 4 is 28.7 Å². The van der Waals surface area contributed by atoms with E-state index in [0.717, 1.165) is 23.3 Å². The molecule has 0 saturated heterocycles. The summed E-state index contributed by atoms with van der Waals surface area (Å²) in [5.74, 6) is -1.61. The second kappa shape index (κ2) is 11.2. The first kappa shape index (κ1) is 23.9. The maximum absolute atomic E-state index is 13.8. The first-order valence-electron chi connectivity index (χ1n) is 10.6. The van der Waals surface area contributed by atoms with Gasteiger partial charge in [0, 0.05) is 30.7 Å². The fourth-order valence-corrected chi connectivity index (χ4v) is 3.33. The normalized spacial score (nSPS) is 11.6. The lowest BCUT2D eigenvalue weighted by molar-refractivity contribution is 0.113. The van der Waals surface area contributed by atoms with Gasteiger partial charge in [-0.15, -0.1) is 0 Å². The largest absolute Gasteiger partial charge is 0.447 e. The Morgan fingerprint density at radius 1 is 1.12 bits per heavy atom. The molecule has 1 aromatic heterocycles. The first-order valence-corrected chi connectivity index (χ1v) is 10.6. The number of fused-ring (bicyclic) bond motifs is 1. The summed E-state index contributed by atoms with van der Waals surface area (Å²) < 4.78 is 32.5. The molecule has 0 fully saturated rings. The Hall–Kier alpha value is -3.75. The summed E-state index contributed by atoms with van der Waals surface area (Å²) in [6.45, 7) is 1.74. The van der Waals surface area contributed by atoms with Crippen molar-refractivity contribution in [2.24, 2.45) is 0 Å². The molecule has 0 aliphatic rings. The molecule has 0 bridgehead atoms. The highest BCUT2D eigenvalue weighted by Crippen LogP contribution is 2.16. The summed E-state index contributed by atoms with van der Waals surface area (Å²) in [5.41, 5.74) is 0.0438. The topological polar surface area (TPSA) is 83.6 Å². The number of pyridine rings is 1. The number of ether oxygens (including phenoxy) is 1. The number of carbonyl (C=O) groups excluding carboxylic acids is 2. The van der Waals surface area contributed by atoms with E-state index >= 15 is 0 Å². The Balaban J connectivity index is 1.54. The Kier molecular flexibility index (Phi) is 8.12. The highest BCUT2D eigenvalue weighted by molar-refractivity contribution is 5.89. The molecule has 9 heteroatoms. The zero-order valence-corrected chi connectivity index (χ0v) is 18.5. The Bertz CT molecular complexity index is 1130. The van der Waals surface area contributed by atoms with E-state index in [1.165, 1.54) is 17.0 Å². The van der Waals surface area contributed by atoms with Crippen LogP contribution in [0.25, 0.3) is 10.8 Å². The SMILES string of the molecule is CCC[C@H](COC(=O)Nc1cc2ccccc2cn1)N(C)C(=O)NCc1cccc(F)c1F. The number of halogens is 2. The fraction of sp³-hybridized carbons (Fsp3) is 0.292. The van der Waals surface area contributed by atoms with Crippen molar-refractivity contribution in [3.05, 3.63) is 71.9 Å². The molecule has 2 aromatic carbocycles. The minimum absolute atomic E-state index is 0.0362. The number of hydrogen-bond donors (Lipinski definition) is 2. The van der Waals surface area contributed by atoms with Gasteiger partial charge in [-0.1, -0.05) is 49.7 Å². The molecule has 0 aliphatic carbocycles. The van der Waals surface area contributed by atoms with E-state index in [1.54, 1.807) is 19.3 Å². The number of amides is 3. The van der Waals surface area contributed by atoms with Crippen LogP contribution in [0.5, 0.6) is 0 Å². The maximum Gasteiger partial charge on any atom is 0.412 e. The van der Waals surface area contributed by atoms with E-state index in [4.69, 9.17) is 4.74 Å². The van der Waals surface area contributed by atoms with Crippen LogP contribution in [0.15, 0.2) is 54.7 Å². The van der Waals surface area contributed by atoms with Crippen molar-refractivity contribution < 1.29 is 23.1 Å². The van der Waals surface area contributed by atoms with Crippen LogP contribution in [-0.4, -0.2) is 41.7 Å². The number of anilines is 1. The van der Waals surface area contributed by atoms with Crippen molar-refractivity contribution in [2.45, 2.75) is 32.4 Å². The molecule has 0 aliphatic heterocycles. The van der Waals surface area contributed by atoms with Gasteiger partial charge in [0.15, 0.2) is 11.6 Å². The molecule has 0 unspecified atom stereocenters. The van der Waals surface area contributed by atoms with Crippen molar-refractivity contribution in [3.63, 3.8) is 0 Å². The number of aromatic nitrogens is 1. The summed E-state index contributed by atoms with van der Waals surface area (Å²) in [5, 5.41) is 7.03. The van der Waals surface area contributed by atoms with E-state index in [9.17, 15) is 18.4 Å². The van der Waals surface area contributed by atoms with Gasteiger partial charge in [-0.05, 0) is 23.9 Å². The average Bonchev–Trinajstić information content (AvgIpc) is 2.82. The number of nitrogens with zero attached hydrogens (tertiary/aromatic N) is 2. The van der Waals surface area contributed by atoms with Crippen molar-refractivity contribution in [1.29, 1.82) is 0 Å². The summed E-state index contributed by atoms with van der Waals surface area (Å²) >= 11 is 0. The van der Waals surface area contributed by atoms with Gasteiger partial charge in [0.25, 0.3) is 0 Å². The van der Waals surface area contributed by atoms with Gasteiger partial charge < -0.3 is 15.0 Å². The van der Waals surface area contributed by atoms with Gasteiger partial charge in [-0.3, -0.25) is 5.32 Å². The lowest BCUT2D eigenvalue weighted by atomic mass is 10.1. The Morgan fingerprint density at radius 2 is 1.88 bits per heavy atom. The molecule has 33 heavy (non-hydrogen) atoms. The van der Waals surface area contributed by atoms with E-state index in [0.29, 0.717) is 12.2 Å². The number of rotatable bonds is 8. The molecule has 7 nitrogen and oxygen atoms in total. The molecular formula is C24H26F2N4O3. The third kappa shape index (κ3) is 6.38. The minimum atomic E-state index is -0.993. The van der Waals surface area contributed by atoms with Crippen molar-refractivity contribution in [2.75, 3.05) is 19.0 Å². The second-order valence-corrected chi connectivity index (χ2v) is 7.57. The molecular weight excluding hydrogens is 430 g/mol. The van der Waals surface area contributed by atoms with E-state index in [2.05, 4.69) is 15.6 Å². The second-order valence-electron chi connectivity index (χ2n) is 7.57. The standard InChI is InChI=1S/C24H26F2N4O3/c1-3-7-19(30(2)23(31)28-14-18-10-6-11-20(25)22(18)26)15-33-24(32)29-21-12-16-8-4-5-9-17(16)13-27-21/h4-6,8-13,19H,3,7,14-15H2,1-2H3,(H,28,31)(H,27,29,32)/t19-/m1/s1. The number of urea groups is 1. The average molecular weight is 456 g/mol. The third-order valence-corrected chi connectivity index (χ3v) is 5.22. The molecule has 0 radical (unpaired) electrons. The maximum atomic E-state index is 13.8. The van der Waals surface area contributed by atoms with Crippen LogP contribution in [0.4, 0.5) is 24.2 Å². The zero-order chi connectivity index (χ0) is 23.8. The number of likely N-dealkylation sites (N-methyl/N-ethyl adjacent to an activating group) is 1. The lowest BCUT2D eigenvalue weighted by Gasteiger charge is -2.28. The van der Waals surface area contributed by atoms with E-state index in [1.807, 2.05) is 31.2 Å². The number of benzene rings is 2. The van der Waals surface area contributed by atoms with Gasteiger partial charge in [-0.2, -0.15) is 0 Å². The van der Waals surface area contributed by atoms with Crippen LogP contribution in [0, 0.1) is 11.6 Å². The first-order chi connectivity index (χ1) is 15.9. The summed E-state index contributed by atoms with van der Waals surface area (Å²) in [6.07, 6.45) is 2.30. The van der Waals surface area contributed by atoms with E-state index in [-0.39, 0.29) is 18.7 Å². The highest BCUT2D eigenvalue weighted by Gasteiger charge is 2.21. The van der Waals surface area contributed by atoms with Crippen LogP contribution in [0.1, 0.15) is 25.3 Å². The smallest absolute Gasteiger partial charge is 0.412 e. The lowest BCUT2D eigenvalue weighted by Crippen LogP contribution is -2.45. The highest BCUT2D eigenvalue weighted by atomic mass is 19.2. The predicted molar refractivity (Wildman–Crippen MR) is 122 cm³/mol. The third-order valence-electron chi connectivity index (χ3n) is 5.22. The van der Waals surface area contributed by atoms with Crippen LogP contribution < -0.4 is 10.6 Å².